The molecule has 0 amide bonds. The average Bonchev–Trinajstić information content (AvgIpc) is 2.40. The Morgan fingerprint density at radius 1 is 0.824 bits per heavy atom. The van der Waals surface area contributed by atoms with E-state index in [1.54, 1.807) is 0 Å². The molecule has 88 valence electrons. The minimum Gasteiger partial charge on any atom is -0.0909 e. The summed E-state index contributed by atoms with van der Waals surface area (Å²) in [6.45, 7) is 2.13. The van der Waals surface area contributed by atoms with E-state index in [1.807, 2.05) is 42.5 Å². The zero-order chi connectivity index (χ0) is 12.3. The van der Waals surface area contributed by atoms with Crippen LogP contribution in [-0.4, -0.2) is 0 Å². The summed E-state index contributed by atoms with van der Waals surface area (Å²) < 4.78 is -0.979. The molecule has 0 aliphatic carbocycles. The highest BCUT2D eigenvalue weighted by Gasteiger charge is 2.28. The zero-order valence-electron chi connectivity index (χ0n) is 9.66. The van der Waals surface area contributed by atoms with Gasteiger partial charge in [0, 0.05) is 0 Å². The van der Waals surface area contributed by atoms with Crippen LogP contribution in [0.3, 0.4) is 0 Å². The highest BCUT2D eigenvalue weighted by molar-refractivity contribution is 6.50. The Balaban J connectivity index is 2.37. The second-order valence-corrected chi connectivity index (χ2v) is 5.32. The normalized spacial score (nSPS) is 11.5. The van der Waals surface area contributed by atoms with Crippen molar-refractivity contribution in [1.29, 1.82) is 0 Å². The van der Waals surface area contributed by atoms with Gasteiger partial charge in [-0.2, -0.15) is 0 Å². The van der Waals surface area contributed by atoms with Gasteiger partial charge in [-0.3, -0.25) is 0 Å². The molecule has 0 radical (unpaired) electrons. The topological polar surface area (TPSA) is 0 Å². The molecule has 0 aliphatic heterocycles. The predicted octanol–water partition coefficient (Wildman–Crippen LogP) is 4.93. The zero-order valence-corrected chi connectivity index (χ0v) is 11.2. The summed E-state index contributed by atoms with van der Waals surface area (Å²) in [6.07, 6.45) is 1.02. The number of benzene rings is 2. The molecule has 0 bridgehead atoms. The van der Waals surface area contributed by atoms with Gasteiger partial charge in [0.25, 0.3) is 0 Å². The molecule has 2 rings (SSSR count). The van der Waals surface area contributed by atoms with Crippen molar-refractivity contribution >= 4 is 23.2 Å². The summed E-state index contributed by atoms with van der Waals surface area (Å²) in [6, 6.07) is 17.8. The van der Waals surface area contributed by atoms with Crippen molar-refractivity contribution in [3.8, 4) is 0 Å². The Bertz CT molecular complexity index is 472. The quantitative estimate of drug-likeness (QED) is 0.690. The summed E-state index contributed by atoms with van der Waals surface area (Å²) in [4.78, 5) is 0. The summed E-state index contributed by atoms with van der Waals surface area (Å²) >= 11 is 12.9. The maximum absolute atomic E-state index is 6.45. The van der Waals surface area contributed by atoms with E-state index in [-0.39, 0.29) is 0 Å². The van der Waals surface area contributed by atoms with Gasteiger partial charge in [0.15, 0.2) is 4.33 Å². The van der Waals surface area contributed by atoms with Crippen LogP contribution < -0.4 is 0 Å². The third-order valence-electron chi connectivity index (χ3n) is 2.86. The smallest absolute Gasteiger partial charge is 0.0909 e. The van der Waals surface area contributed by atoms with E-state index in [1.165, 1.54) is 5.56 Å². The molecule has 0 N–H and O–H groups in total. The van der Waals surface area contributed by atoms with E-state index < -0.39 is 4.33 Å². The first kappa shape index (κ1) is 12.5. The SMILES string of the molecule is CCc1ccc(C(Cl)(Cl)c2ccccc2)cc1. The van der Waals surface area contributed by atoms with Gasteiger partial charge in [0.2, 0.25) is 0 Å². The second kappa shape index (κ2) is 5.12. The van der Waals surface area contributed by atoms with Gasteiger partial charge in [-0.15, -0.1) is 0 Å². The van der Waals surface area contributed by atoms with Crippen LogP contribution in [0, 0.1) is 0 Å². The fraction of sp³-hybridized carbons (Fsp3) is 0.200. The molecule has 0 aromatic heterocycles. The summed E-state index contributed by atoms with van der Waals surface area (Å²) in [5.41, 5.74) is 3.09. The largest absolute Gasteiger partial charge is 0.168 e. The minimum absolute atomic E-state index is 0.896. The molecule has 0 aliphatic rings. The highest BCUT2D eigenvalue weighted by atomic mass is 35.5. The molecule has 0 nitrogen and oxygen atoms in total. The van der Waals surface area contributed by atoms with Crippen molar-refractivity contribution in [2.24, 2.45) is 0 Å². The Labute approximate surface area is 112 Å². The summed E-state index contributed by atoms with van der Waals surface area (Å²) in [5.74, 6) is 0. The van der Waals surface area contributed by atoms with Gasteiger partial charge in [0.05, 0.1) is 0 Å². The lowest BCUT2D eigenvalue weighted by atomic mass is 10.0. The van der Waals surface area contributed by atoms with Crippen molar-refractivity contribution in [2.45, 2.75) is 17.7 Å². The molecule has 0 spiro atoms. The van der Waals surface area contributed by atoms with Crippen LogP contribution in [0.4, 0.5) is 0 Å². The number of aryl methyl sites for hydroxylation is 1. The number of hydrogen-bond donors (Lipinski definition) is 0. The first-order valence-corrected chi connectivity index (χ1v) is 6.43. The molecule has 0 unspecified atom stereocenters. The van der Waals surface area contributed by atoms with Crippen molar-refractivity contribution in [1.82, 2.24) is 0 Å². The van der Waals surface area contributed by atoms with E-state index in [4.69, 9.17) is 23.2 Å². The lowest BCUT2D eigenvalue weighted by Crippen LogP contribution is -2.11. The summed E-state index contributed by atoms with van der Waals surface area (Å²) in [7, 11) is 0. The number of halogens is 2. The number of alkyl halides is 2. The van der Waals surface area contributed by atoms with Crippen molar-refractivity contribution in [2.75, 3.05) is 0 Å². The van der Waals surface area contributed by atoms with Crippen molar-refractivity contribution < 1.29 is 0 Å². The van der Waals surface area contributed by atoms with Gasteiger partial charge >= 0.3 is 0 Å². The van der Waals surface area contributed by atoms with E-state index in [2.05, 4.69) is 19.1 Å². The lowest BCUT2D eigenvalue weighted by molar-refractivity contribution is 1.03. The van der Waals surface area contributed by atoms with E-state index in [9.17, 15) is 0 Å². The molecule has 17 heavy (non-hydrogen) atoms. The van der Waals surface area contributed by atoms with E-state index in [0.717, 1.165) is 17.5 Å². The minimum atomic E-state index is -0.979. The fourth-order valence-electron chi connectivity index (χ4n) is 1.76. The van der Waals surface area contributed by atoms with Crippen LogP contribution in [0.25, 0.3) is 0 Å². The Kier molecular flexibility index (Phi) is 3.76. The molecular weight excluding hydrogens is 251 g/mol. The molecular formula is C15H14Cl2. The standard InChI is InChI=1S/C15H14Cl2/c1-2-12-8-10-14(11-9-12)15(16,17)13-6-4-3-5-7-13/h3-11H,2H2,1H3. The molecule has 0 saturated carbocycles. The Morgan fingerprint density at radius 2 is 1.35 bits per heavy atom. The molecule has 0 saturated heterocycles. The van der Waals surface area contributed by atoms with Gasteiger partial charge in [0.1, 0.15) is 0 Å². The number of hydrogen-bond acceptors (Lipinski definition) is 0. The molecule has 2 heteroatoms. The lowest BCUT2D eigenvalue weighted by Gasteiger charge is -2.20. The van der Waals surface area contributed by atoms with Crippen LogP contribution in [0.1, 0.15) is 23.6 Å². The molecule has 0 heterocycles. The third kappa shape index (κ3) is 2.65. The molecule has 0 fully saturated rings. The van der Waals surface area contributed by atoms with Crippen molar-refractivity contribution in [3.05, 3.63) is 71.3 Å². The Hall–Kier alpha value is -0.980. The van der Waals surface area contributed by atoms with Gasteiger partial charge in [-0.25, -0.2) is 0 Å². The van der Waals surface area contributed by atoms with E-state index in [0.29, 0.717) is 0 Å². The molecule has 2 aromatic carbocycles. The van der Waals surface area contributed by atoms with Gasteiger partial charge in [-0.1, -0.05) is 84.7 Å². The van der Waals surface area contributed by atoms with Crippen LogP contribution in [0.15, 0.2) is 54.6 Å². The third-order valence-corrected chi connectivity index (χ3v) is 3.73. The van der Waals surface area contributed by atoms with Gasteiger partial charge < -0.3 is 0 Å². The monoisotopic (exact) mass is 264 g/mol. The molecule has 2 aromatic rings. The molecule has 0 atom stereocenters. The van der Waals surface area contributed by atoms with Crippen molar-refractivity contribution in [3.63, 3.8) is 0 Å². The number of rotatable bonds is 3. The van der Waals surface area contributed by atoms with Crippen LogP contribution >= 0.6 is 23.2 Å². The maximum atomic E-state index is 6.45. The maximum Gasteiger partial charge on any atom is 0.168 e. The fourth-order valence-corrected chi connectivity index (χ4v) is 2.27. The van der Waals surface area contributed by atoms with Gasteiger partial charge in [-0.05, 0) is 23.1 Å². The van der Waals surface area contributed by atoms with Crippen LogP contribution in [-0.2, 0) is 10.8 Å². The summed E-state index contributed by atoms with van der Waals surface area (Å²) in [5, 5.41) is 0. The predicted molar refractivity (Wildman–Crippen MR) is 74.7 cm³/mol. The van der Waals surface area contributed by atoms with E-state index >= 15 is 0 Å². The Morgan fingerprint density at radius 3 is 1.88 bits per heavy atom. The highest BCUT2D eigenvalue weighted by Crippen LogP contribution is 2.40. The first-order valence-electron chi connectivity index (χ1n) is 5.67. The average molecular weight is 265 g/mol. The van der Waals surface area contributed by atoms with Crippen LogP contribution in [0.2, 0.25) is 0 Å². The second-order valence-electron chi connectivity index (χ2n) is 3.99. The van der Waals surface area contributed by atoms with Crippen LogP contribution in [0.5, 0.6) is 0 Å². The first-order chi connectivity index (χ1) is 8.14.